The number of halogens is 1. The van der Waals surface area contributed by atoms with Crippen LogP contribution in [-0.4, -0.2) is 41.2 Å². The summed E-state index contributed by atoms with van der Waals surface area (Å²) in [6.45, 7) is 0. The number of fused-ring (bicyclic) bond motifs is 2. The van der Waals surface area contributed by atoms with E-state index in [1.165, 1.54) is 31.4 Å². The fourth-order valence-corrected chi connectivity index (χ4v) is 5.14. The lowest BCUT2D eigenvalue weighted by molar-refractivity contribution is 0.154. The van der Waals surface area contributed by atoms with Gasteiger partial charge in [0.05, 0.1) is 46.9 Å². The summed E-state index contributed by atoms with van der Waals surface area (Å²) in [6.07, 6.45) is 14.9. The minimum atomic E-state index is -0.287. The predicted octanol–water partition coefficient (Wildman–Crippen LogP) is 6.48. The van der Waals surface area contributed by atoms with E-state index in [4.69, 9.17) is 9.72 Å². The van der Waals surface area contributed by atoms with E-state index in [-0.39, 0.29) is 11.9 Å². The molecule has 8 nitrogen and oxygen atoms in total. The minimum Gasteiger partial charge on any atom is -0.489 e. The number of pyridine rings is 3. The van der Waals surface area contributed by atoms with Gasteiger partial charge in [-0.2, -0.15) is 5.10 Å². The first-order valence-electron chi connectivity index (χ1n) is 12.8. The highest BCUT2D eigenvalue weighted by molar-refractivity contribution is 5.97. The van der Waals surface area contributed by atoms with E-state index in [0.717, 1.165) is 62.9 Å². The van der Waals surface area contributed by atoms with Gasteiger partial charge >= 0.3 is 0 Å². The number of H-pyrrole nitrogens is 2. The maximum absolute atomic E-state index is 13.5. The number of ether oxygens (including phenoxy) is 1. The summed E-state index contributed by atoms with van der Waals surface area (Å²) < 4.78 is 19.7. The molecule has 1 saturated carbocycles. The lowest BCUT2D eigenvalue weighted by Gasteiger charge is -2.22. The van der Waals surface area contributed by atoms with Gasteiger partial charge in [0, 0.05) is 28.9 Å². The van der Waals surface area contributed by atoms with Gasteiger partial charge in [0.15, 0.2) is 5.82 Å². The number of aromatic amines is 2. The van der Waals surface area contributed by atoms with E-state index in [0.29, 0.717) is 11.5 Å². The van der Waals surface area contributed by atoms with Crippen molar-refractivity contribution in [2.45, 2.75) is 38.2 Å². The zero-order valence-electron chi connectivity index (χ0n) is 20.5. The van der Waals surface area contributed by atoms with Crippen molar-refractivity contribution in [1.29, 1.82) is 0 Å². The Morgan fingerprint density at radius 2 is 1.68 bits per heavy atom. The number of nitrogens with zero attached hydrogens (tertiary/aromatic N) is 5. The minimum absolute atomic E-state index is 0.249. The van der Waals surface area contributed by atoms with Gasteiger partial charge in [-0.3, -0.25) is 20.1 Å². The molecule has 0 amide bonds. The van der Waals surface area contributed by atoms with Crippen LogP contribution >= 0.6 is 0 Å². The van der Waals surface area contributed by atoms with Crippen molar-refractivity contribution in [3.8, 4) is 39.7 Å². The zero-order chi connectivity index (χ0) is 25.5. The highest BCUT2D eigenvalue weighted by Crippen LogP contribution is 2.33. The molecule has 1 aromatic carbocycles. The van der Waals surface area contributed by atoms with Gasteiger partial charge < -0.3 is 9.72 Å². The molecule has 7 rings (SSSR count). The summed E-state index contributed by atoms with van der Waals surface area (Å²) in [4.78, 5) is 21.6. The third-order valence-corrected chi connectivity index (χ3v) is 7.08. The molecule has 1 aliphatic carbocycles. The van der Waals surface area contributed by atoms with Gasteiger partial charge in [0.2, 0.25) is 0 Å². The fourth-order valence-electron chi connectivity index (χ4n) is 5.14. The Hall–Kier alpha value is -4.66. The lowest BCUT2D eigenvalue weighted by atomic mass is 9.98. The topological polar surface area (TPSA) is 105 Å². The van der Waals surface area contributed by atoms with Gasteiger partial charge in [-0.1, -0.05) is 18.6 Å². The first-order valence-corrected chi connectivity index (χ1v) is 12.8. The molecule has 188 valence electrons. The molecule has 5 heterocycles. The third kappa shape index (κ3) is 4.15. The van der Waals surface area contributed by atoms with E-state index in [1.54, 1.807) is 43.1 Å². The van der Waals surface area contributed by atoms with E-state index >= 15 is 0 Å². The van der Waals surface area contributed by atoms with E-state index in [1.807, 2.05) is 12.1 Å². The second-order valence-electron chi connectivity index (χ2n) is 9.65. The molecule has 0 spiro atoms. The average Bonchev–Trinajstić information content (AvgIpc) is 3.58. The van der Waals surface area contributed by atoms with Crippen LogP contribution in [0, 0.1) is 5.82 Å². The van der Waals surface area contributed by atoms with Crippen LogP contribution in [0.3, 0.4) is 0 Å². The maximum atomic E-state index is 13.5. The number of benzene rings is 1. The molecule has 38 heavy (non-hydrogen) atoms. The number of rotatable bonds is 5. The third-order valence-electron chi connectivity index (χ3n) is 7.08. The fraction of sp³-hybridized carbons (Fsp3) is 0.207. The standard InChI is InChI=1S/C29H24FN7O/c30-19-8-6-17(7-9-19)23-14-32-15-26-27(23)35-29(34-26)28-22-11-24(33-16-25(22)36-37-28)18-10-21(13-31-12-18)38-20-4-2-1-3-5-20/h6-16,20H,1-5H2,(H,34,35)(H,36,37). The smallest absolute Gasteiger partial charge is 0.159 e. The highest BCUT2D eigenvalue weighted by Gasteiger charge is 2.18. The summed E-state index contributed by atoms with van der Waals surface area (Å²) in [6, 6.07) is 10.3. The monoisotopic (exact) mass is 505 g/mol. The molecule has 1 fully saturated rings. The van der Waals surface area contributed by atoms with Crippen LogP contribution in [0.2, 0.25) is 0 Å². The molecule has 2 N–H and O–H groups in total. The van der Waals surface area contributed by atoms with Crippen molar-refractivity contribution >= 4 is 21.9 Å². The van der Waals surface area contributed by atoms with E-state index < -0.39 is 0 Å². The molecule has 1 aliphatic rings. The Morgan fingerprint density at radius 1 is 0.842 bits per heavy atom. The normalized spacial score (nSPS) is 14.3. The van der Waals surface area contributed by atoms with Gasteiger partial charge in [0.1, 0.15) is 17.3 Å². The van der Waals surface area contributed by atoms with E-state index in [9.17, 15) is 4.39 Å². The number of aromatic nitrogens is 7. The first kappa shape index (κ1) is 22.5. The van der Waals surface area contributed by atoms with Crippen LogP contribution < -0.4 is 4.74 Å². The van der Waals surface area contributed by atoms with Gasteiger partial charge in [-0.25, -0.2) is 9.37 Å². The van der Waals surface area contributed by atoms with Crippen molar-refractivity contribution in [2.75, 3.05) is 0 Å². The molecular formula is C29H24FN7O. The maximum Gasteiger partial charge on any atom is 0.159 e. The lowest BCUT2D eigenvalue weighted by Crippen LogP contribution is -2.19. The second-order valence-corrected chi connectivity index (χ2v) is 9.65. The first-order chi connectivity index (χ1) is 18.7. The Kier molecular flexibility index (Phi) is 5.53. The number of hydrogen-bond donors (Lipinski definition) is 2. The molecule has 0 bridgehead atoms. The molecule has 5 aromatic heterocycles. The summed E-state index contributed by atoms with van der Waals surface area (Å²) >= 11 is 0. The largest absolute Gasteiger partial charge is 0.489 e. The molecule has 0 aliphatic heterocycles. The highest BCUT2D eigenvalue weighted by atomic mass is 19.1. The molecular weight excluding hydrogens is 481 g/mol. The number of nitrogens with one attached hydrogen (secondary N) is 2. The molecule has 0 atom stereocenters. The SMILES string of the molecule is Fc1ccc(-c2cncc3[nH]c(-c4n[nH]c5cnc(-c6cncc(OC7CCCCC7)c6)cc45)nc23)cc1. The summed E-state index contributed by atoms with van der Waals surface area (Å²) in [5, 5.41) is 8.47. The summed E-state index contributed by atoms with van der Waals surface area (Å²) in [5.41, 5.74) is 6.27. The van der Waals surface area contributed by atoms with E-state index in [2.05, 4.69) is 30.1 Å². The molecule has 0 radical (unpaired) electrons. The molecule has 0 unspecified atom stereocenters. The number of imidazole rings is 1. The van der Waals surface area contributed by atoms with Crippen molar-refractivity contribution in [2.24, 2.45) is 0 Å². The predicted molar refractivity (Wildman–Crippen MR) is 143 cm³/mol. The van der Waals surface area contributed by atoms with Crippen LogP contribution in [-0.2, 0) is 0 Å². The van der Waals surface area contributed by atoms with Gasteiger partial charge in [-0.15, -0.1) is 0 Å². The van der Waals surface area contributed by atoms with Crippen LogP contribution in [0.4, 0.5) is 4.39 Å². The van der Waals surface area contributed by atoms with Crippen molar-refractivity contribution in [3.05, 3.63) is 73.2 Å². The Morgan fingerprint density at radius 3 is 2.55 bits per heavy atom. The van der Waals surface area contributed by atoms with Crippen LogP contribution in [0.15, 0.2) is 67.4 Å². The molecule has 9 heteroatoms. The zero-order valence-corrected chi connectivity index (χ0v) is 20.5. The van der Waals surface area contributed by atoms with Crippen LogP contribution in [0.5, 0.6) is 5.75 Å². The Bertz CT molecular complexity index is 1750. The molecule has 6 aromatic rings. The van der Waals surface area contributed by atoms with Crippen LogP contribution in [0.1, 0.15) is 32.1 Å². The van der Waals surface area contributed by atoms with Crippen LogP contribution in [0.25, 0.3) is 55.8 Å². The molecule has 0 saturated heterocycles. The second kappa shape index (κ2) is 9.33. The van der Waals surface area contributed by atoms with Crippen molar-refractivity contribution in [3.63, 3.8) is 0 Å². The van der Waals surface area contributed by atoms with Gasteiger partial charge in [-0.05, 0) is 55.5 Å². The average molecular weight is 506 g/mol. The summed E-state index contributed by atoms with van der Waals surface area (Å²) in [5.74, 6) is 1.08. The van der Waals surface area contributed by atoms with Crippen molar-refractivity contribution < 1.29 is 9.13 Å². The Labute approximate surface area is 217 Å². The van der Waals surface area contributed by atoms with Crippen molar-refractivity contribution in [1.82, 2.24) is 35.1 Å². The number of hydrogen-bond acceptors (Lipinski definition) is 6. The Balaban J connectivity index is 1.25. The quantitative estimate of drug-likeness (QED) is 0.278. The van der Waals surface area contributed by atoms with Gasteiger partial charge in [0.25, 0.3) is 0 Å². The summed E-state index contributed by atoms with van der Waals surface area (Å²) in [7, 11) is 0.